The van der Waals surface area contributed by atoms with Crippen LogP contribution in [0, 0.1) is 0 Å². The van der Waals surface area contributed by atoms with E-state index in [1.165, 1.54) is 13.0 Å². The number of nitrogens with two attached hydrogens (primary N) is 1. The lowest BCUT2D eigenvalue weighted by Crippen LogP contribution is -2.43. The van der Waals surface area contributed by atoms with Crippen LogP contribution < -0.4 is 16.4 Å². The van der Waals surface area contributed by atoms with Crippen LogP contribution in [0.1, 0.15) is 22.8 Å². The van der Waals surface area contributed by atoms with Crippen molar-refractivity contribution >= 4 is 34.9 Å². The largest absolute Gasteiger partial charge is 0.376 e. The van der Waals surface area contributed by atoms with Gasteiger partial charge in [-0.15, -0.1) is 0 Å². The first-order valence-electron chi connectivity index (χ1n) is 7.61. The quantitative estimate of drug-likeness (QED) is 0.684. The summed E-state index contributed by atoms with van der Waals surface area (Å²) >= 11 is 6.00. The maximum absolute atomic E-state index is 12.7. The standard InChI is InChI=1S/C18H18ClN3O3/c1-11(20)18(25)22-16(23)10-21-15-8-7-13(19)9-14(15)17(24)12-5-3-2-4-6-12/h2-9,11,21H,10,20H2,1H3,(H,22,23,25)/t11-/m0/s1. The van der Waals surface area contributed by atoms with Gasteiger partial charge < -0.3 is 11.1 Å². The lowest BCUT2D eigenvalue weighted by molar-refractivity contribution is -0.130. The number of ketones is 1. The van der Waals surface area contributed by atoms with Crippen LogP contribution in [0.15, 0.2) is 48.5 Å². The maximum Gasteiger partial charge on any atom is 0.245 e. The van der Waals surface area contributed by atoms with Gasteiger partial charge >= 0.3 is 0 Å². The first-order valence-corrected chi connectivity index (χ1v) is 7.98. The van der Waals surface area contributed by atoms with E-state index < -0.39 is 17.9 Å². The van der Waals surface area contributed by atoms with Crippen LogP contribution in [0.25, 0.3) is 0 Å². The molecule has 0 spiro atoms. The Kier molecular flexibility index (Phi) is 6.27. The molecule has 0 unspecified atom stereocenters. The van der Waals surface area contributed by atoms with Gasteiger partial charge in [-0.1, -0.05) is 41.9 Å². The molecule has 0 bridgehead atoms. The van der Waals surface area contributed by atoms with Crippen molar-refractivity contribution in [3.8, 4) is 0 Å². The predicted octanol–water partition coefficient (Wildman–Crippen LogP) is 1.97. The maximum atomic E-state index is 12.7. The average Bonchev–Trinajstić information content (AvgIpc) is 2.60. The second-order valence-electron chi connectivity index (χ2n) is 5.44. The normalized spacial score (nSPS) is 11.5. The number of rotatable bonds is 6. The highest BCUT2D eigenvalue weighted by molar-refractivity contribution is 6.31. The zero-order chi connectivity index (χ0) is 18.4. The summed E-state index contributed by atoms with van der Waals surface area (Å²) in [6.07, 6.45) is 0. The fourth-order valence-electron chi connectivity index (χ4n) is 2.07. The van der Waals surface area contributed by atoms with Crippen molar-refractivity contribution in [3.63, 3.8) is 0 Å². The number of amides is 2. The van der Waals surface area contributed by atoms with Gasteiger partial charge in [-0.25, -0.2) is 0 Å². The Morgan fingerprint density at radius 1 is 1.12 bits per heavy atom. The van der Waals surface area contributed by atoms with Gasteiger partial charge in [0.1, 0.15) is 0 Å². The molecule has 0 aliphatic carbocycles. The van der Waals surface area contributed by atoms with Crippen molar-refractivity contribution < 1.29 is 14.4 Å². The van der Waals surface area contributed by atoms with Gasteiger partial charge in [0.15, 0.2) is 5.78 Å². The number of anilines is 1. The fourth-order valence-corrected chi connectivity index (χ4v) is 2.25. The second kappa shape index (κ2) is 8.41. The number of carbonyl (C=O) groups excluding carboxylic acids is 3. The lowest BCUT2D eigenvalue weighted by atomic mass is 10.0. The Bertz CT molecular complexity index is 791. The Hall–Kier alpha value is -2.70. The summed E-state index contributed by atoms with van der Waals surface area (Å²) in [5.74, 6) is -1.34. The monoisotopic (exact) mass is 359 g/mol. The highest BCUT2D eigenvalue weighted by atomic mass is 35.5. The first-order chi connectivity index (χ1) is 11.9. The molecule has 1 atom stereocenters. The fraction of sp³-hybridized carbons (Fsp3) is 0.167. The summed E-state index contributed by atoms with van der Waals surface area (Å²) < 4.78 is 0. The van der Waals surface area contributed by atoms with Crippen LogP contribution >= 0.6 is 11.6 Å². The van der Waals surface area contributed by atoms with Gasteiger partial charge in [0.25, 0.3) is 0 Å². The molecule has 0 saturated carbocycles. The molecule has 0 radical (unpaired) electrons. The van der Waals surface area contributed by atoms with E-state index in [9.17, 15) is 14.4 Å². The molecule has 0 heterocycles. The summed E-state index contributed by atoms with van der Waals surface area (Å²) in [5, 5.41) is 5.42. The number of carbonyl (C=O) groups is 3. The zero-order valence-electron chi connectivity index (χ0n) is 13.6. The molecule has 6 nitrogen and oxygen atoms in total. The Balaban J connectivity index is 2.15. The van der Waals surface area contributed by atoms with Crippen LogP contribution in [0.5, 0.6) is 0 Å². The summed E-state index contributed by atoms with van der Waals surface area (Å²) in [4.78, 5) is 35.9. The number of hydrogen-bond donors (Lipinski definition) is 3. The molecule has 0 saturated heterocycles. The molecule has 7 heteroatoms. The minimum absolute atomic E-state index is 0.185. The molecule has 0 aliphatic rings. The Labute approximate surface area is 150 Å². The van der Waals surface area contributed by atoms with Crippen molar-refractivity contribution in [3.05, 3.63) is 64.7 Å². The lowest BCUT2D eigenvalue weighted by Gasteiger charge is -2.12. The molecule has 130 valence electrons. The Morgan fingerprint density at radius 2 is 1.80 bits per heavy atom. The van der Waals surface area contributed by atoms with Crippen molar-refractivity contribution in [2.45, 2.75) is 13.0 Å². The molecule has 2 aromatic rings. The van der Waals surface area contributed by atoms with Crippen LogP contribution in [0.4, 0.5) is 5.69 Å². The molecular weight excluding hydrogens is 342 g/mol. The van der Waals surface area contributed by atoms with E-state index in [1.54, 1.807) is 36.4 Å². The third kappa shape index (κ3) is 5.14. The molecule has 4 N–H and O–H groups in total. The second-order valence-corrected chi connectivity index (χ2v) is 5.88. The van der Waals surface area contributed by atoms with E-state index in [0.717, 1.165) is 0 Å². The first kappa shape index (κ1) is 18.6. The predicted molar refractivity (Wildman–Crippen MR) is 96.6 cm³/mol. The summed E-state index contributed by atoms with van der Waals surface area (Å²) in [5.41, 5.74) is 6.68. The molecule has 0 aliphatic heterocycles. The zero-order valence-corrected chi connectivity index (χ0v) is 14.3. The van der Waals surface area contributed by atoms with Gasteiger partial charge in [-0.2, -0.15) is 0 Å². The van der Waals surface area contributed by atoms with E-state index in [4.69, 9.17) is 17.3 Å². The van der Waals surface area contributed by atoms with Gasteiger partial charge in [0, 0.05) is 21.8 Å². The van der Waals surface area contributed by atoms with Gasteiger partial charge in [0.2, 0.25) is 11.8 Å². The van der Waals surface area contributed by atoms with E-state index in [2.05, 4.69) is 10.6 Å². The molecule has 0 fully saturated rings. The third-order valence-corrected chi connectivity index (χ3v) is 3.61. The van der Waals surface area contributed by atoms with Crippen LogP contribution in [-0.2, 0) is 9.59 Å². The third-order valence-electron chi connectivity index (χ3n) is 3.38. The van der Waals surface area contributed by atoms with E-state index >= 15 is 0 Å². The number of imide groups is 1. The minimum Gasteiger partial charge on any atom is -0.376 e. The average molecular weight is 360 g/mol. The number of benzene rings is 2. The van der Waals surface area contributed by atoms with Crippen molar-refractivity contribution in [1.29, 1.82) is 0 Å². The molecule has 0 aromatic heterocycles. The molecule has 2 amide bonds. The number of halogens is 1. The molecule has 25 heavy (non-hydrogen) atoms. The number of hydrogen-bond acceptors (Lipinski definition) is 5. The molecule has 2 aromatic carbocycles. The van der Waals surface area contributed by atoms with Gasteiger partial charge in [-0.05, 0) is 25.1 Å². The molecule has 2 rings (SSSR count). The van der Waals surface area contributed by atoms with Crippen molar-refractivity contribution in [1.82, 2.24) is 5.32 Å². The number of nitrogens with one attached hydrogen (secondary N) is 2. The van der Waals surface area contributed by atoms with Crippen LogP contribution in [0.2, 0.25) is 5.02 Å². The summed E-state index contributed by atoms with van der Waals surface area (Å²) in [6, 6.07) is 12.7. The van der Waals surface area contributed by atoms with Crippen LogP contribution in [-0.4, -0.2) is 30.2 Å². The van der Waals surface area contributed by atoms with Gasteiger partial charge in [0.05, 0.1) is 12.6 Å². The minimum atomic E-state index is -0.783. The summed E-state index contributed by atoms with van der Waals surface area (Å²) in [7, 11) is 0. The van der Waals surface area contributed by atoms with E-state index in [1.807, 2.05) is 6.07 Å². The van der Waals surface area contributed by atoms with E-state index in [0.29, 0.717) is 21.8 Å². The van der Waals surface area contributed by atoms with Crippen molar-refractivity contribution in [2.75, 3.05) is 11.9 Å². The molecular formula is C18H18ClN3O3. The highest BCUT2D eigenvalue weighted by Crippen LogP contribution is 2.23. The SMILES string of the molecule is C[C@H](N)C(=O)NC(=O)CNc1ccc(Cl)cc1C(=O)c1ccccc1. The smallest absolute Gasteiger partial charge is 0.245 e. The summed E-state index contributed by atoms with van der Waals surface area (Å²) in [6.45, 7) is 1.29. The topological polar surface area (TPSA) is 101 Å². The van der Waals surface area contributed by atoms with Crippen molar-refractivity contribution in [2.24, 2.45) is 5.73 Å². The Morgan fingerprint density at radius 3 is 2.44 bits per heavy atom. The highest BCUT2D eigenvalue weighted by Gasteiger charge is 2.16. The van der Waals surface area contributed by atoms with Gasteiger partial charge in [-0.3, -0.25) is 19.7 Å². The van der Waals surface area contributed by atoms with Crippen LogP contribution in [0.3, 0.4) is 0 Å². The van der Waals surface area contributed by atoms with E-state index in [-0.39, 0.29) is 12.3 Å².